The lowest BCUT2D eigenvalue weighted by atomic mass is 10.0. The van der Waals surface area contributed by atoms with E-state index in [4.69, 9.17) is 9.15 Å². The van der Waals surface area contributed by atoms with Gasteiger partial charge in [0.2, 0.25) is 0 Å². The van der Waals surface area contributed by atoms with Crippen LogP contribution in [0.15, 0.2) is 55.1 Å². The average molecular weight is 472 g/mol. The van der Waals surface area contributed by atoms with Gasteiger partial charge in [-0.05, 0) is 45.2 Å². The number of thiophene rings is 1. The predicted molar refractivity (Wildman–Crippen MR) is 127 cm³/mol. The largest absolute Gasteiger partial charge is 0.463 e. The topological polar surface area (TPSA) is 77.0 Å². The summed E-state index contributed by atoms with van der Waals surface area (Å²) in [5.74, 6) is 0.924. The van der Waals surface area contributed by atoms with Crippen molar-refractivity contribution in [3.8, 4) is 0 Å². The number of nitrogens with zero attached hydrogens (tertiary/aromatic N) is 3. The first-order chi connectivity index (χ1) is 15.5. The van der Waals surface area contributed by atoms with E-state index in [2.05, 4.69) is 23.7 Å². The summed E-state index contributed by atoms with van der Waals surface area (Å²) in [5, 5.41) is 1.93. The van der Waals surface area contributed by atoms with Gasteiger partial charge in [0.1, 0.15) is 11.8 Å². The van der Waals surface area contributed by atoms with Crippen LogP contribution in [-0.2, 0) is 9.53 Å². The van der Waals surface area contributed by atoms with Crippen molar-refractivity contribution >= 4 is 40.6 Å². The maximum absolute atomic E-state index is 13.5. The Kier molecular flexibility index (Phi) is 6.48. The van der Waals surface area contributed by atoms with E-state index < -0.39 is 12.0 Å². The van der Waals surface area contributed by atoms with Gasteiger partial charge in [-0.3, -0.25) is 9.36 Å². The van der Waals surface area contributed by atoms with Gasteiger partial charge in [-0.1, -0.05) is 17.4 Å². The SMILES string of the molecule is CCOC(=O)C1=C(C)N=c2s/c(=C\c3ccc(N(CC)CC)o3)c(=O)n2[C@@H]1c1cccs1. The van der Waals surface area contributed by atoms with E-state index in [0.29, 0.717) is 26.4 Å². The fourth-order valence-electron chi connectivity index (χ4n) is 3.76. The second-order valence-electron chi connectivity index (χ2n) is 7.17. The second kappa shape index (κ2) is 9.30. The Morgan fingerprint density at radius 3 is 2.72 bits per heavy atom. The molecule has 0 saturated heterocycles. The highest BCUT2D eigenvalue weighted by Gasteiger charge is 2.33. The van der Waals surface area contributed by atoms with Gasteiger partial charge in [0.25, 0.3) is 5.56 Å². The average Bonchev–Trinajstić information content (AvgIpc) is 3.51. The van der Waals surface area contributed by atoms with Crippen LogP contribution >= 0.6 is 22.7 Å². The number of furan rings is 1. The van der Waals surface area contributed by atoms with Crippen molar-refractivity contribution in [3.63, 3.8) is 0 Å². The monoisotopic (exact) mass is 471 g/mol. The zero-order valence-electron chi connectivity index (χ0n) is 18.5. The molecule has 7 nitrogen and oxygen atoms in total. The zero-order valence-corrected chi connectivity index (χ0v) is 20.1. The third-order valence-corrected chi connectivity index (χ3v) is 7.20. The summed E-state index contributed by atoms with van der Waals surface area (Å²) < 4.78 is 13.3. The molecule has 0 aromatic carbocycles. The normalized spacial score (nSPS) is 16.1. The number of hydrogen-bond acceptors (Lipinski definition) is 8. The molecule has 0 unspecified atom stereocenters. The van der Waals surface area contributed by atoms with Gasteiger partial charge in [0.15, 0.2) is 10.7 Å². The highest BCUT2D eigenvalue weighted by atomic mass is 32.1. The van der Waals surface area contributed by atoms with E-state index in [0.717, 1.165) is 23.9 Å². The fourth-order valence-corrected chi connectivity index (χ4v) is 5.61. The molecule has 0 radical (unpaired) electrons. The van der Waals surface area contributed by atoms with Crippen LogP contribution in [0.1, 0.15) is 44.4 Å². The van der Waals surface area contributed by atoms with Crippen molar-refractivity contribution in [2.75, 3.05) is 24.6 Å². The Bertz CT molecular complexity index is 1320. The number of aromatic nitrogens is 1. The standard InChI is InChI=1S/C23H25N3O4S2/c1-5-25(6-2)18-11-10-15(30-18)13-17-21(27)26-20(16-9-8-12-31-16)19(22(28)29-7-3)14(4)24-23(26)32-17/h8-13,20H,5-7H2,1-4H3/b17-13-/t20-/m1/s1. The van der Waals surface area contributed by atoms with Crippen molar-refractivity contribution in [1.29, 1.82) is 0 Å². The highest BCUT2D eigenvalue weighted by molar-refractivity contribution is 7.10. The smallest absolute Gasteiger partial charge is 0.338 e. The zero-order chi connectivity index (χ0) is 22.8. The van der Waals surface area contributed by atoms with Crippen molar-refractivity contribution < 1.29 is 13.9 Å². The molecule has 3 aromatic rings. The molecule has 1 atom stereocenters. The summed E-state index contributed by atoms with van der Waals surface area (Å²) in [4.78, 5) is 34.4. The van der Waals surface area contributed by atoms with E-state index in [1.54, 1.807) is 24.5 Å². The number of rotatable bonds is 7. The maximum atomic E-state index is 13.5. The van der Waals surface area contributed by atoms with Crippen LogP contribution in [0.5, 0.6) is 0 Å². The summed E-state index contributed by atoms with van der Waals surface area (Å²) in [6.07, 6.45) is 1.74. The van der Waals surface area contributed by atoms with Crippen molar-refractivity contribution in [2.24, 2.45) is 4.99 Å². The summed E-state index contributed by atoms with van der Waals surface area (Å²) in [6.45, 7) is 9.61. The van der Waals surface area contributed by atoms with Crippen LogP contribution in [0, 0.1) is 0 Å². The van der Waals surface area contributed by atoms with Gasteiger partial charge in [-0.15, -0.1) is 11.3 Å². The number of thiazole rings is 1. The van der Waals surface area contributed by atoms with Gasteiger partial charge >= 0.3 is 5.97 Å². The number of anilines is 1. The Hall–Kier alpha value is -2.91. The minimum atomic E-state index is -0.560. The van der Waals surface area contributed by atoms with Gasteiger partial charge in [0.05, 0.1) is 22.4 Å². The molecular formula is C23H25N3O4S2. The van der Waals surface area contributed by atoms with Gasteiger partial charge in [-0.2, -0.15) is 0 Å². The Morgan fingerprint density at radius 1 is 1.28 bits per heavy atom. The summed E-state index contributed by atoms with van der Waals surface area (Å²) >= 11 is 2.79. The lowest BCUT2D eigenvalue weighted by Crippen LogP contribution is -2.39. The van der Waals surface area contributed by atoms with E-state index in [1.165, 1.54) is 22.7 Å². The molecule has 0 N–H and O–H groups in total. The van der Waals surface area contributed by atoms with Crippen LogP contribution < -0.4 is 19.8 Å². The van der Waals surface area contributed by atoms with Crippen LogP contribution in [0.25, 0.3) is 6.08 Å². The molecule has 0 saturated carbocycles. The fraction of sp³-hybridized carbons (Fsp3) is 0.348. The number of allylic oxidation sites excluding steroid dienone is 1. The third kappa shape index (κ3) is 3.98. The predicted octanol–water partition coefficient (Wildman–Crippen LogP) is 3.30. The molecule has 0 spiro atoms. The van der Waals surface area contributed by atoms with Crippen LogP contribution in [0.2, 0.25) is 0 Å². The third-order valence-electron chi connectivity index (χ3n) is 5.29. The molecule has 0 aliphatic carbocycles. The van der Waals surface area contributed by atoms with Crippen LogP contribution in [0.4, 0.5) is 5.88 Å². The van der Waals surface area contributed by atoms with E-state index >= 15 is 0 Å². The molecule has 0 bridgehead atoms. The molecule has 3 aromatic heterocycles. The Labute approximate surface area is 193 Å². The van der Waals surface area contributed by atoms with E-state index in [1.807, 2.05) is 29.6 Å². The van der Waals surface area contributed by atoms with Crippen molar-refractivity contribution in [1.82, 2.24) is 4.57 Å². The summed E-state index contributed by atoms with van der Waals surface area (Å²) in [5.41, 5.74) is 0.758. The molecule has 4 heterocycles. The van der Waals surface area contributed by atoms with Crippen molar-refractivity contribution in [3.05, 3.63) is 71.2 Å². The van der Waals surface area contributed by atoms with Gasteiger partial charge in [0, 0.05) is 30.1 Å². The van der Waals surface area contributed by atoms with Gasteiger partial charge < -0.3 is 14.1 Å². The molecule has 1 aliphatic heterocycles. The summed E-state index contributed by atoms with van der Waals surface area (Å²) in [7, 11) is 0. The van der Waals surface area contributed by atoms with Crippen molar-refractivity contribution in [2.45, 2.75) is 33.7 Å². The lowest BCUT2D eigenvalue weighted by molar-refractivity contribution is -0.139. The molecule has 168 valence electrons. The minimum Gasteiger partial charge on any atom is -0.463 e. The molecule has 0 amide bonds. The number of ether oxygens (including phenoxy) is 1. The molecule has 9 heteroatoms. The molecule has 1 aliphatic rings. The number of esters is 1. The molecule has 4 rings (SSSR count). The molecular weight excluding hydrogens is 446 g/mol. The molecule has 0 fully saturated rings. The van der Waals surface area contributed by atoms with Crippen LogP contribution in [0.3, 0.4) is 0 Å². The number of carbonyl (C=O) groups is 1. The lowest BCUT2D eigenvalue weighted by Gasteiger charge is -2.23. The minimum absolute atomic E-state index is 0.206. The van der Waals surface area contributed by atoms with E-state index in [9.17, 15) is 9.59 Å². The van der Waals surface area contributed by atoms with Crippen LogP contribution in [-0.4, -0.2) is 30.2 Å². The highest BCUT2D eigenvalue weighted by Crippen LogP contribution is 2.33. The quantitative estimate of drug-likeness (QED) is 0.494. The Morgan fingerprint density at radius 2 is 2.06 bits per heavy atom. The maximum Gasteiger partial charge on any atom is 0.338 e. The van der Waals surface area contributed by atoms with Gasteiger partial charge in [-0.25, -0.2) is 9.79 Å². The summed E-state index contributed by atoms with van der Waals surface area (Å²) in [6, 6.07) is 7.04. The first-order valence-corrected chi connectivity index (χ1v) is 12.3. The number of hydrogen-bond donors (Lipinski definition) is 0. The van der Waals surface area contributed by atoms with E-state index in [-0.39, 0.29) is 12.2 Å². The molecule has 32 heavy (non-hydrogen) atoms. The second-order valence-corrected chi connectivity index (χ2v) is 9.15. The number of fused-ring (bicyclic) bond motifs is 1. The first kappa shape index (κ1) is 22.3. The number of carbonyl (C=O) groups excluding carboxylic acids is 1. The first-order valence-electron chi connectivity index (χ1n) is 10.6. The Balaban J connectivity index is 1.85.